The predicted octanol–water partition coefficient (Wildman–Crippen LogP) is 3.10. The third-order valence-electron chi connectivity index (χ3n) is 6.40. The molecule has 1 N–H and O–H groups in total. The van der Waals surface area contributed by atoms with Crippen molar-refractivity contribution < 1.29 is 14.6 Å². The molecule has 4 rings (SSSR count). The Morgan fingerprint density at radius 2 is 2.13 bits per heavy atom. The van der Waals surface area contributed by atoms with E-state index in [1.165, 1.54) is 11.2 Å². The molecule has 0 radical (unpaired) electrons. The van der Waals surface area contributed by atoms with E-state index in [2.05, 4.69) is 28.9 Å². The van der Waals surface area contributed by atoms with E-state index in [1.807, 2.05) is 36.3 Å². The second-order valence-corrected chi connectivity index (χ2v) is 8.10. The number of fused-ring (bicyclic) bond motifs is 1. The standard InChI is InChI=1S/C21H29N7O3/c1-6-12(3)17-15(8-9-27(17)21(29)30)31-20-16-19(22-11-23-20)26(5)18(25-16)14-10-24-28(7-2)13(14)4/h10-12,15,17H,6-9H2,1-5H3,(H,29,30). The van der Waals surface area contributed by atoms with Gasteiger partial charge in [-0.2, -0.15) is 10.1 Å². The van der Waals surface area contributed by atoms with Crippen molar-refractivity contribution in [1.29, 1.82) is 0 Å². The zero-order valence-electron chi connectivity index (χ0n) is 18.6. The molecule has 1 aliphatic rings. The number of carboxylic acid groups (broad SMARTS) is 1. The number of nitrogens with zero attached hydrogens (tertiary/aromatic N) is 7. The largest absolute Gasteiger partial charge is 0.470 e. The lowest BCUT2D eigenvalue weighted by Gasteiger charge is -2.30. The number of aromatic nitrogens is 6. The van der Waals surface area contributed by atoms with Crippen LogP contribution in [0, 0.1) is 12.8 Å². The molecule has 1 amide bonds. The van der Waals surface area contributed by atoms with Crippen LogP contribution in [0.1, 0.15) is 39.3 Å². The summed E-state index contributed by atoms with van der Waals surface area (Å²) in [6.07, 6.45) is 3.57. The molecule has 3 atom stereocenters. The van der Waals surface area contributed by atoms with Gasteiger partial charge in [-0.25, -0.2) is 14.8 Å². The Hall–Kier alpha value is -3.17. The molecule has 1 aliphatic heterocycles. The Bertz CT molecular complexity index is 1110. The van der Waals surface area contributed by atoms with E-state index in [-0.39, 0.29) is 18.1 Å². The van der Waals surface area contributed by atoms with Crippen LogP contribution in [0.5, 0.6) is 5.88 Å². The van der Waals surface area contributed by atoms with Crippen LogP contribution in [0.15, 0.2) is 12.5 Å². The Kier molecular flexibility index (Phi) is 5.55. The lowest BCUT2D eigenvalue weighted by molar-refractivity contribution is 0.0841. The molecule has 0 saturated carbocycles. The Balaban J connectivity index is 1.72. The molecule has 0 aliphatic carbocycles. The zero-order valence-corrected chi connectivity index (χ0v) is 18.6. The summed E-state index contributed by atoms with van der Waals surface area (Å²) in [5, 5.41) is 14.0. The van der Waals surface area contributed by atoms with Crippen LogP contribution in [0.2, 0.25) is 0 Å². The fraction of sp³-hybridized carbons (Fsp3) is 0.571. The number of likely N-dealkylation sites (tertiary alicyclic amines) is 1. The number of hydrogen-bond donors (Lipinski definition) is 1. The van der Waals surface area contributed by atoms with Gasteiger partial charge in [0.2, 0.25) is 5.88 Å². The van der Waals surface area contributed by atoms with Gasteiger partial charge in [-0.05, 0) is 19.8 Å². The monoisotopic (exact) mass is 427 g/mol. The lowest BCUT2D eigenvalue weighted by atomic mass is 9.95. The molecule has 10 heteroatoms. The van der Waals surface area contributed by atoms with Crippen LogP contribution >= 0.6 is 0 Å². The van der Waals surface area contributed by atoms with Gasteiger partial charge < -0.3 is 19.3 Å². The highest BCUT2D eigenvalue weighted by molar-refractivity contribution is 5.81. The van der Waals surface area contributed by atoms with Crippen molar-refractivity contribution in [3.63, 3.8) is 0 Å². The molecular formula is C21H29N7O3. The van der Waals surface area contributed by atoms with Crippen LogP contribution < -0.4 is 4.74 Å². The SMILES string of the molecule is CCC(C)C1C(Oc2ncnc3c2nc(-c2cnn(CC)c2C)n3C)CCN1C(=O)O. The maximum Gasteiger partial charge on any atom is 0.407 e. The predicted molar refractivity (Wildman–Crippen MR) is 115 cm³/mol. The van der Waals surface area contributed by atoms with E-state index in [0.29, 0.717) is 30.0 Å². The van der Waals surface area contributed by atoms with Gasteiger partial charge in [0.05, 0.1) is 17.8 Å². The van der Waals surface area contributed by atoms with Crippen molar-refractivity contribution in [3.05, 3.63) is 18.2 Å². The molecule has 10 nitrogen and oxygen atoms in total. The minimum atomic E-state index is -0.909. The second kappa shape index (κ2) is 8.16. The molecule has 0 aromatic carbocycles. The molecule has 31 heavy (non-hydrogen) atoms. The number of carbonyl (C=O) groups is 1. The first kappa shape index (κ1) is 21.1. The molecule has 3 aromatic rings. The van der Waals surface area contributed by atoms with Crippen molar-refractivity contribution in [2.45, 2.75) is 59.2 Å². The third-order valence-corrected chi connectivity index (χ3v) is 6.40. The van der Waals surface area contributed by atoms with Crippen molar-refractivity contribution in [2.75, 3.05) is 6.54 Å². The minimum absolute atomic E-state index is 0.169. The molecule has 4 heterocycles. The Morgan fingerprint density at radius 1 is 1.35 bits per heavy atom. The smallest absolute Gasteiger partial charge is 0.407 e. The molecule has 3 aromatic heterocycles. The van der Waals surface area contributed by atoms with Crippen molar-refractivity contribution in [1.82, 2.24) is 34.2 Å². The highest BCUT2D eigenvalue weighted by atomic mass is 16.5. The van der Waals surface area contributed by atoms with E-state index >= 15 is 0 Å². The van der Waals surface area contributed by atoms with Gasteiger partial charge in [-0.3, -0.25) is 4.68 Å². The first-order valence-corrected chi connectivity index (χ1v) is 10.7. The van der Waals surface area contributed by atoms with Crippen molar-refractivity contribution in [2.24, 2.45) is 13.0 Å². The van der Waals surface area contributed by atoms with Gasteiger partial charge in [-0.1, -0.05) is 20.3 Å². The summed E-state index contributed by atoms with van der Waals surface area (Å²) in [7, 11) is 1.91. The van der Waals surface area contributed by atoms with Crippen molar-refractivity contribution >= 4 is 17.3 Å². The Labute approximate surface area is 180 Å². The summed E-state index contributed by atoms with van der Waals surface area (Å²) in [5.74, 6) is 1.30. The van der Waals surface area contributed by atoms with Gasteiger partial charge in [0.15, 0.2) is 11.2 Å². The maximum absolute atomic E-state index is 11.7. The van der Waals surface area contributed by atoms with E-state index in [1.54, 1.807) is 0 Å². The summed E-state index contributed by atoms with van der Waals surface area (Å²) in [4.78, 5) is 26.8. The molecule has 3 unspecified atom stereocenters. The normalized spacial score (nSPS) is 19.8. The van der Waals surface area contributed by atoms with E-state index < -0.39 is 6.09 Å². The molecule has 1 fully saturated rings. The number of hydrogen-bond acceptors (Lipinski definition) is 6. The van der Waals surface area contributed by atoms with Crippen LogP contribution in [0.25, 0.3) is 22.6 Å². The van der Waals surface area contributed by atoms with E-state index in [4.69, 9.17) is 9.72 Å². The van der Waals surface area contributed by atoms with Gasteiger partial charge in [-0.15, -0.1) is 0 Å². The first-order valence-electron chi connectivity index (χ1n) is 10.7. The average molecular weight is 428 g/mol. The number of rotatable bonds is 6. The first-order chi connectivity index (χ1) is 14.9. The molecule has 166 valence electrons. The van der Waals surface area contributed by atoms with Crippen LogP contribution in [0.4, 0.5) is 4.79 Å². The Morgan fingerprint density at radius 3 is 2.77 bits per heavy atom. The van der Waals surface area contributed by atoms with Gasteiger partial charge in [0.25, 0.3) is 0 Å². The summed E-state index contributed by atoms with van der Waals surface area (Å²) < 4.78 is 10.2. The molecule has 0 spiro atoms. The second-order valence-electron chi connectivity index (χ2n) is 8.10. The molecular weight excluding hydrogens is 398 g/mol. The number of imidazole rings is 1. The highest BCUT2D eigenvalue weighted by Gasteiger charge is 2.42. The van der Waals surface area contributed by atoms with Crippen LogP contribution in [0.3, 0.4) is 0 Å². The number of amides is 1. The maximum atomic E-state index is 11.7. The topological polar surface area (TPSA) is 111 Å². The van der Waals surface area contributed by atoms with E-state index in [0.717, 1.165) is 30.0 Å². The summed E-state index contributed by atoms with van der Waals surface area (Å²) in [5.41, 5.74) is 3.20. The van der Waals surface area contributed by atoms with Crippen molar-refractivity contribution in [3.8, 4) is 17.3 Å². The zero-order chi connectivity index (χ0) is 22.3. The minimum Gasteiger partial charge on any atom is -0.470 e. The average Bonchev–Trinajstić information content (AvgIpc) is 3.43. The molecule has 1 saturated heterocycles. The van der Waals surface area contributed by atoms with Gasteiger partial charge >= 0.3 is 6.09 Å². The number of ether oxygens (including phenoxy) is 1. The van der Waals surface area contributed by atoms with Crippen LogP contribution in [-0.2, 0) is 13.6 Å². The lowest BCUT2D eigenvalue weighted by Crippen LogP contribution is -2.44. The molecule has 0 bridgehead atoms. The van der Waals surface area contributed by atoms with E-state index in [9.17, 15) is 9.90 Å². The summed E-state index contributed by atoms with van der Waals surface area (Å²) >= 11 is 0. The third kappa shape index (κ3) is 3.49. The number of aryl methyl sites for hydroxylation is 2. The summed E-state index contributed by atoms with van der Waals surface area (Å²) in [6.45, 7) is 9.42. The fourth-order valence-electron chi connectivity index (χ4n) is 4.49. The van der Waals surface area contributed by atoms with Crippen LogP contribution in [-0.4, -0.2) is 64.1 Å². The summed E-state index contributed by atoms with van der Waals surface area (Å²) in [6, 6.07) is -0.222. The van der Waals surface area contributed by atoms with Gasteiger partial charge in [0, 0.05) is 32.3 Å². The van der Waals surface area contributed by atoms with Gasteiger partial charge in [0.1, 0.15) is 18.3 Å². The quantitative estimate of drug-likeness (QED) is 0.643. The fourth-order valence-corrected chi connectivity index (χ4v) is 4.49. The highest BCUT2D eigenvalue weighted by Crippen LogP contribution is 2.33.